The van der Waals surface area contributed by atoms with Gasteiger partial charge in [-0.05, 0) is 48.9 Å². The first kappa shape index (κ1) is 27.0. The second-order valence-electron chi connectivity index (χ2n) is 12.1. The molecule has 2 N–H and O–H groups in total. The third kappa shape index (κ3) is 4.71. The highest BCUT2D eigenvalue weighted by atomic mass is 19.1. The number of nitrogens with zero attached hydrogens (tertiary/aromatic N) is 3. The van der Waals surface area contributed by atoms with Gasteiger partial charge in [0.2, 0.25) is 11.8 Å². The zero-order valence-corrected chi connectivity index (χ0v) is 23.5. The Hall–Kier alpha value is -3.23. The number of aliphatic hydroxyl groups is 1. The Bertz CT molecular complexity index is 1420. The Morgan fingerprint density at radius 2 is 1.90 bits per heavy atom. The highest BCUT2D eigenvalue weighted by Crippen LogP contribution is 2.49. The average molecular weight is 547 g/mol. The van der Waals surface area contributed by atoms with E-state index in [4.69, 9.17) is 0 Å². The van der Waals surface area contributed by atoms with Gasteiger partial charge in [-0.1, -0.05) is 36.8 Å². The largest absolute Gasteiger partial charge is 0.394 e. The molecule has 1 unspecified atom stereocenters. The average Bonchev–Trinajstić information content (AvgIpc) is 3.29. The number of likely N-dealkylation sites (tertiary alicyclic amines) is 1. The minimum atomic E-state index is -0.300. The van der Waals surface area contributed by atoms with Crippen LogP contribution in [0.3, 0.4) is 0 Å². The van der Waals surface area contributed by atoms with Gasteiger partial charge in [-0.15, -0.1) is 0 Å². The fourth-order valence-corrected chi connectivity index (χ4v) is 7.03. The number of amides is 2. The van der Waals surface area contributed by atoms with Crippen molar-refractivity contribution >= 4 is 22.7 Å². The van der Waals surface area contributed by atoms with E-state index >= 15 is 0 Å². The second-order valence-corrected chi connectivity index (χ2v) is 12.1. The minimum Gasteiger partial charge on any atom is -0.394 e. The molecule has 3 aliphatic rings. The summed E-state index contributed by atoms with van der Waals surface area (Å²) in [5.74, 6) is 0.256. The molecule has 1 aromatic heterocycles. The number of hydrogen-bond donors (Lipinski definition) is 2. The maximum atomic E-state index is 14.8. The smallest absolute Gasteiger partial charge is 0.225 e. The third-order valence-electron chi connectivity index (χ3n) is 9.65. The molecule has 3 heterocycles. The number of nitrogens with one attached hydrogen (secondary N) is 1. The van der Waals surface area contributed by atoms with E-state index in [-0.39, 0.29) is 35.7 Å². The van der Waals surface area contributed by atoms with E-state index in [0.717, 1.165) is 54.3 Å². The molecule has 1 atom stereocenters. The standard InChI is InChI=1S/C32H39FN4O3/c1-21(39)35(2)17-22-10-11-25-27(16-22)34-30-28(19-38)37(18-24-6-3-4-9-26(24)33)20-32(29(25)30)12-14-36(15-13-32)31(40)23-7-5-8-23/h3-4,6,9-11,16,23,28,34,38H,5,7-8,12-15,17-20H2,1-2H3. The summed E-state index contributed by atoms with van der Waals surface area (Å²) >= 11 is 0. The first-order valence-electron chi connectivity index (χ1n) is 14.5. The normalized spacial score (nSPS) is 20.9. The fraction of sp³-hybridized carbons (Fsp3) is 0.500. The lowest BCUT2D eigenvalue weighted by atomic mass is 9.68. The van der Waals surface area contributed by atoms with Crippen LogP contribution < -0.4 is 0 Å². The van der Waals surface area contributed by atoms with Crippen molar-refractivity contribution in [3.63, 3.8) is 0 Å². The van der Waals surface area contributed by atoms with E-state index in [1.807, 2.05) is 12.1 Å². The van der Waals surface area contributed by atoms with Gasteiger partial charge in [0.05, 0.1) is 12.6 Å². The summed E-state index contributed by atoms with van der Waals surface area (Å²) in [6.45, 7) is 4.49. The van der Waals surface area contributed by atoms with Crippen molar-refractivity contribution in [3.05, 3.63) is 70.7 Å². The molecule has 2 aliphatic heterocycles. The number of H-pyrrole nitrogens is 1. The van der Waals surface area contributed by atoms with Gasteiger partial charge in [0.25, 0.3) is 0 Å². The Morgan fingerprint density at radius 1 is 1.15 bits per heavy atom. The topological polar surface area (TPSA) is 79.9 Å². The molecule has 212 valence electrons. The first-order chi connectivity index (χ1) is 19.3. The van der Waals surface area contributed by atoms with Gasteiger partial charge in [-0.2, -0.15) is 0 Å². The summed E-state index contributed by atoms with van der Waals surface area (Å²) in [6.07, 6.45) is 4.80. The highest BCUT2D eigenvalue weighted by molar-refractivity contribution is 5.87. The van der Waals surface area contributed by atoms with Gasteiger partial charge in [0.15, 0.2) is 0 Å². The number of rotatable bonds is 6. The molecule has 1 spiro atoms. The van der Waals surface area contributed by atoms with Crippen LogP contribution in [0.2, 0.25) is 0 Å². The fourth-order valence-electron chi connectivity index (χ4n) is 7.03. The van der Waals surface area contributed by atoms with Crippen molar-refractivity contribution < 1.29 is 19.1 Å². The number of carbonyl (C=O) groups excluding carboxylic acids is 2. The van der Waals surface area contributed by atoms with Crippen LogP contribution >= 0.6 is 0 Å². The van der Waals surface area contributed by atoms with Gasteiger partial charge >= 0.3 is 0 Å². The number of carbonyl (C=O) groups is 2. The maximum absolute atomic E-state index is 14.8. The monoisotopic (exact) mass is 546 g/mol. The van der Waals surface area contributed by atoms with Crippen LogP contribution in [-0.2, 0) is 28.1 Å². The predicted molar refractivity (Wildman–Crippen MR) is 152 cm³/mol. The van der Waals surface area contributed by atoms with Crippen LogP contribution in [0.1, 0.15) is 67.5 Å². The van der Waals surface area contributed by atoms with E-state index < -0.39 is 0 Å². The van der Waals surface area contributed by atoms with Gasteiger partial charge in [0.1, 0.15) is 5.82 Å². The summed E-state index contributed by atoms with van der Waals surface area (Å²) in [7, 11) is 1.79. The zero-order chi connectivity index (χ0) is 28.0. The van der Waals surface area contributed by atoms with Crippen LogP contribution in [0, 0.1) is 11.7 Å². The van der Waals surface area contributed by atoms with Crippen molar-refractivity contribution in [3.8, 4) is 0 Å². The van der Waals surface area contributed by atoms with E-state index in [1.54, 1.807) is 24.9 Å². The van der Waals surface area contributed by atoms with Crippen LogP contribution in [-0.4, -0.2) is 69.9 Å². The van der Waals surface area contributed by atoms with Crippen LogP contribution in [0.25, 0.3) is 10.9 Å². The molecular weight excluding hydrogens is 507 g/mol. The Balaban J connectivity index is 1.39. The van der Waals surface area contributed by atoms with Gasteiger partial charge in [0, 0.05) is 80.2 Å². The number of piperidine rings is 1. The molecule has 0 radical (unpaired) electrons. The number of halogens is 1. The van der Waals surface area contributed by atoms with Crippen molar-refractivity contribution in [1.29, 1.82) is 0 Å². The molecule has 1 saturated heterocycles. The van der Waals surface area contributed by atoms with E-state index in [2.05, 4.69) is 33.0 Å². The lowest BCUT2D eigenvalue weighted by Crippen LogP contribution is -2.55. The van der Waals surface area contributed by atoms with Gasteiger partial charge in [-0.25, -0.2) is 4.39 Å². The van der Waals surface area contributed by atoms with Crippen LogP contribution in [0.5, 0.6) is 0 Å². The van der Waals surface area contributed by atoms with Gasteiger partial charge < -0.3 is 19.9 Å². The molecule has 1 aliphatic carbocycles. The molecule has 3 aromatic rings. The Labute approximate surface area is 234 Å². The Kier molecular flexibility index (Phi) is 7.17. The number of aliphatic hydroxyl groups excluding tert-OH is 1. The molecule has 2 fully saturated rings. The molecular formula is C32H39FN4O3. The highest BCUT2D eigenvalue weighted by Gasteiger charge is 2.48. The second kappa shape index (κ2) is 10.6. The molecule has 2 aromatic carbocycles. The summed E-state index contributed by atoms with van der Waals surface area (Å²) in [4.78, 5) is 34.5. The minimum absolute atomic E-state index is 0.0113. The van der Waals surface area contributed by atoms with E-state index in [9.17, 15) is 19.1 Å². The number of aromatic amines is 1. The molecule has 8 heteroatoms. The molecule has 7 nitrogen and oxygen atoms in total. The van der Waals surface area contributed by atoms with E-state index in [1.165, 1.54) is 11.6 Å². The molecule has 6 rings (SSSR count). The van der Waals surface area contributed by atoms with Crippen molar-refractivity contribution in [2.45, 2.75) is 63.6 Å². The summed E-state index contributed by atoms with van der Waals surface area (Å²) < 4.78 is 14.8. The molecule has 2 amide bonds. The lowest BCUT2D eigenvalue weighted by molar-refractivity contribution is -0.140. The molecule has 1 saturated carbocycles. The van der Waals surface area contributed by atoms with Crippen LogP contribution in [0.15, 0.2) is 42.5 Å². The molecule has 40 heavy (non-hydrogen) atoms. The predicted octanol–water partition coefficient (Wildman–Crippen LogP) is 4.49. The van der Waals surface area contributed by atoms with Gasteiger partial charge in [-0.3, -0.25) is 14.5 Å². The maximum Gasteiger partial charge on any atom is 0.225 e. The summed E-state index contributed by atoms with van der Waals surface area (Å²) in [6, 6.07) is 12.9. The first-order valence-corrected chi connectivity index (χ1v) is 14.5. The van der Waals surface area contributed by atoms with Crippen molar-refractivity contribution in [2.75, 3.05) is 33.3 Å². The number of fused-ring (bicyclic) bond motifs is 4. The SMILES string of the molecule is CC(=O)N(C)Cc1ccc2c3c([nH]c2c1)C(CO)N(Cc1ccccc1F)CC31CCN(C(=O)C2CCC2)CC1. The third-order valence-corrected chi connectivity index (χ3v) is 9.65. The number of aromatic nitrogens is 1. The lowest BCUT2D eigenvalue weighted by Gasteiger charge is -2.50. The van der Waals surface area contributed by atoms with E-state index in [0.29, 0.717) is 44.2 Å². The number of benzene rings is 2. The molecule has 0 bridgehead atoms. The number of hydrogen-bond acceptors (Lipinski definition) is 4. The summed E-state index contributed by atoms with van der Waals surface area (Å²) in [5, 5.41) is 11.8. The van der Waals surface area contributed by atoms with Crippen molar-refractivity contribution in [1.82, 2.24) is 19.7 Å². The quantitative estimate of drug-likeness (QED) is 0.477. The zero-order valence-electron chi connectivity index (χ0n) is 23.5. The van der Waals surface area contributed by atoms with Crippen molar-refractivity contribution in [2.24, 2.45) is 5.92 Å². The van der Waals surface area contributed by atoms with Crippen LogP contribution in [0.4, 0.5) is 4.39 Å². The Morgan fingerprint density at radius 3 is 2.55 bits per heavy atom. The summed E-state index contributed by atoms with van der Waals surface area (Å²) in [5.41, 5.74) is 4.62.